The fourth-order valence-corrected chi connectivity index (χ4v) is 2.79. The molecule has 104 valence electrons. The highest BCUT2D eigenvalue weighted by Gasteiger charge is 2.27. The molecule has 0 spiro atoms. The minimum absolute atomic E-state index is 0.406. The first-order valence-corrected chi connectivity index (χ1v) is 7.47. The Balaban J connectivity index is 1.81. The predicted molar refractivity (Wildman–Crippen MR) is 74.4 cm³/mol. The van der Waals surface area contributed by atoms with Gasteiger partial charge in [-0.2, -0.15) is 0 Å². The summed E-state index contributed by atoms with van der Waals surface area (Å²) in [6.45, 7) is 3.88. The molecule has 0 aliphatic heterocycles. The summed E-state index contributed by atoms with van der Waals surface area (Å²) in [7, 11) is 0. The van der Waals surface area contributed by atoms with Gasteiger partial charge in [-0.05, 0) is 39.2 Å². The van der Waals surface area contributed by atoms with Crippen molar-refractivity contribution < 1.29 is 9.90 Å². The zero-order valence-corrected chi connectivity index (χ0v) is 12.0. The van der Waals surface area contributed by atoms with Gasteiger partial charge in [0.15, 0.2) is 5.16 Å². The Morgan fingerprint density at radius 3 is 2.63 bits per heavy atom. The molecule has 0 amide bonds. The predicted octanol–water partition coefficient (Wildman–Crippen LogP) is 1.78. The van der Waals surface area contributed by atoms with Gasteiger partial charge in [-0.15, -0.1) is 0 Å². The number of carbonyl (C=O) groups is 1. The zero-order chi connectivity index (χ0) is 13.8. The maximum absolute atomic E-state index is 11.1. The highest BCUT2D eigenvalue weighted by Crippen LogP contribution is 2.21. The molecule has 5 nitrogen and oxygen atoms in total. The molecule has 2 N–H and O–H groups in total. The van der Waals surface area contributed by atoms with Crippen LogP contribution < -0.4 is 5.32 Å². The van der Waals surface area contributed by atoms with Crippen LogP contribution in [0.5, 0.6) is 0 Å². The number of hydrogen-bond donors (Lipinski definition) is 2. The molecule has 1 unspecified atom stereocenters. The topological polar surface area (TPSA) is 75.1 Å². The summed E-state index contributed by atoms with van der Waals surface area (Å²) in [5.41, 5.74) is 1.89. The monoisotopic (exact) mass is 281 g/mol. The lowest BCUT2D eigenvalue weighted by atomic mass is 10.2. The highest BCUT2D eigenvalue weighted by atomic mass is 32.2. The van der Waals surface area contributed by atoms with Crippen LogP contribution in [0.4, 0.5) is 0 Å². The van der Waals surface area contributed by atoms with Gasteiger partial charge in [0.05, 0.1) is 0 Å². The van der Waals surface area contributed by atoms with E-state index in [-0.39, 0.29) is 0 Å². The molecule has 1 heterocycles. The Morgan fingerprint density at radius 1 is 1.47 bits per heavy atom. The Bertz CT molecular complexity index is 443. The zero-order valence-electron chi connectivity index (χ0n) is 11.2. The van der Waals surface area contributed by atoms with E-state index < -0.39 is 12.0 Å². The van der Waals surface area contributed by atoms with Gasteiger partial charge >= 0.3 is 5.97 Å². The van der Waals surface area contributed by atoms with E-state index in [1.807, 2.05) is 19.9 Å². The molecule has 0 saturated heterocycles. The quantitative estimate of drug-likeness (QED) is 0.586. The standard InChI is InChI=1S/C13H19N3O2S/c1-8-7-9(2)15-13(14-8)19-6-5-11(12(17)18)16-10-3-4-10/h7,10-11,16H,3-6H2,1-2H3,(H,17,18). The third-order valence-corrected chi connectivity index (χ3v) is 3.79. The Kier molecular flexibility index (Phi) is 4.76. The molecule has 1 aliphatic carbocycles. The van der Waals surface area contributed by atoms with Crippen molar-refractivity contribution >= 4 is 17.7 Å². The summed E-state index contributed by atoms with van der Waals surface area (Å²) in [5.74, 6) is -0.0617. The fraction of sp³-hybridized carbons (Fsp3) is 0.615. The number of hydrogen-bond acceptors (Lipinski definition) is 5. The first-order valence-electron chi connectivity index (χ1n) is 6.48. The molecule has 1 aliphatic rings. The van der Waals surface area contributed by atoms with Crippen molar-refractivity contribution in [1.29, 1.82) is 0 Å². The number of aryl methyl sites for hydroxylation is 2. The van der Waals surface area contributed by atoms with Gasteiger partial charge in [0, 0.05) is 23.2 Å². The molecule has 1 fully saturated rings. The number of thioether (sulfide) groups is 1. The van der Waals surface area contributed by atoms with E-state index in [9.17, 15) is 4.79 Å². The number of nitrogens with zero attached hydrogens (tertiary/aromatic N) is 2. The van der Waals surface area contributed by atoms with Crippen LogP contribution in [0, 0.1) is 13.8 Å². The molecule has 1 aromatic heterocycles. The van der Waals surface area contributed by atoms with Gasteiger partial charge in [-0.3, -0.25) is 4.79 Å². The number of rotatable bonds is 7. The van der Waals surface area contributed by atoms with E-state index in [0.29, 0.717) is 18.2 Å². The van der Waals surface area contributed by atoms with Gasteiger partial charge in [0.1, 0.15) is 6.04 Å². The lowest BCUT2D eigenvalue weighted by Gasteiger charge is -2.13. The highest BCUT2D eigenvalue weighted by molar-refractivity contribution is 7.99. The first-order chi connectivity index (χ1) is 9.04. The number of carboxylic acids is 1. The lowest BCUT2D eigenvalue weighted by Crippen LogP contribution is -2.38. The maximum atomic E-state index is 11.1. The second-order valence-electron chi connectivity index (χ2n) is 4.90. The molecule has 1 aromatic rings. The van der Waals surface area contributed by atoms with Crippen molar-refractivity contribution in [3.63, 3.8) is 0 Å². The second kappa shape index (κ2) is 6.34. The Labute approximate surface area is 117 Å². The van der Waals surface area contributed by atoms with E-state index >= 15 is 0 Å². The Hall–Kier alpha value is -1.14. The molecule has 1 atom stereocenters. The van der Waals surface area contributed by atoms with Crippen molar-refractivity contribution in [2.45, 2.75) is 50.4 Å². The molecule has 6 heteroatoms. The summed E-state index contributed by atoms with van der Waals surface area (Å²) in [6, 6.07) is 1.88. The number of aromatic nitrogens is 2. The summed E-state index contributed by atoms with van der Waals surface area (Å²) in [6.07, 6.45) is 2.78. The third-order valence-electron chi connectivity index (χ3n) is 2.91. The number of carboxylic acid groups (broad SMARTS) is 1. The van der Waals surface area contributed by atoms with Crippen LogP contribution in [0.1, 0.15) is 30.7 Å². The fourth-order valence-electron chi connectivity index (χ4n) is 1.84. The average Bonchev–Trinajstić information content (AvgIpc) is 3.10. The van der Waals surface area contributed by atoms with Crippen LogP contribution >= 0.6 is 11.8 Å². The van der Waals surface area contributed by atoms with E-state index in [4.69, 9.17) is 5.11 Å². The van der Waals surface area contributed by atoms with Gasteiger partial charge in [0.25, 0.3) is 0 Å². The molecule has 1 saturated carbocycles. The molecular formula is C13H19N3O2S. The van der Waals surface area contributed by atoms with E-state index in [1.54, 1.807) is 0 Å². The van der Waals surface area contributed by atoms with E-state index in [1.165, 1.54) is 11.8 Å². The SMILES string of the molecule is Cc1cc(C)nc(SCCC(NC2CC2)C(=O)O)n1. The molecule has 2 rings (SSSR count). The van der Waals surface area contributed by atoms with E-state index in [2.05, 4.69) is 15.3 Å². The molecule has 0 aromatic carbocycles. The normalized spacial score (nSPS) is 16.3. The number of nitrogens with one attached hydrogen (secondary N) is 1. The van der Waals surface area contributed by atoms with Gasteiger partial charge in [-0.25, -0.2) is 9.97 Å². The third kappa shape index (κ3) is 4.80. The summed E-state index contributed by atoms with van der Waals surface area (Å²) < 4.78 is 0. The lowest BCUT2D eigenvalue weighted by molar-refractivity contribution is -0.139. The summed E-state index contributed by atoms with van der Waals surface area (Å²) in [5, 5.41) is 13.0. The molecular weight excluding hydrogens is 262 g/mol. The smallest absolute Gasteiger partial charge is 0.320 e. The first kappa shape index (κ1) is 14.3. The minimum atomic E-state index is -0.770. The number of aliphatic carboxylic acids is 1. The van der Waals surface area contributed by atoms with Crippen LogP contribution in [0.15, 0.2) is 11.2 Å². The van der Waals surface area contributed by atoms with Crippen LogP contribution in [0.25, 0.3) is 0 Å². The van der Waals surface area contributed by atoms with Crippen LogP contribution in [0.2, 0.25) is 0 Å². The summed E-state index contributed by atoms with van der Waals surface area (Å²) >= 11 is 1.52. The second-order valence-corrected chi connectivity index (χ2v) is 5.96. The van der Waals surface area contributed by atoms with E-state index in [0.717, 1.165) is 29.4 Å². The summed E-state index contributed by atoms with van der Waals surface area (Å²) in [4.78, 5) is 19.8. The molecule has 0 bridgehead atoms. The van der Waals surface area contributed by atoms with Crippen LogP contribution in [0.3, 0.4) is 0 Å². The van der Waals surface area contributed by atoms with Gasteiger partial charge in [0.2, 0.25) is 0 Å². The molecule has 0 radical (unpaired) electrons. The largest absolute Gasteiger partial charge is 0.480 e. The van der Waals surface area contributed by atoms with Crippen molar-refractivity contribution in [1.82, 2.24) is 15.3 Å². The average molecular weight is 281 g/mol. The minimum Gasteiger partial charge on any atom is -0.480 e. The van der Waals surface area contributed by atoms with Crippen molar-refractivity contribution in [3.05, 3.63) is 17.5 Å². The van der Waals surface area contributed by atoms with Crippen LogP contribution in [-0.2, 0) is 4.79 Å². The Morgan fingerprint density at radius 2 is 2.11 bits per heavy atom. The van der Waals surface area contributed by atoms with Crippen molar-refractivity contribution in [3.8, 4) is 0 Å². The van der Waals surface area contributed by atoms with Crippen LogP contribution in [-0.4, -0.2) is 38.9 Å². The van der Waals surface area contributed by atoms with Crippen molar-refractivity contribution in [2.75, 3.05) is 5.75 Å². The maximum Gasteiger partial charge on any atom is 0.320 e. The van der Waals surface area contributed by atoms with Crippen molar-refractivity contribution in [2.24, 2.45) is 0 Å². The van der Waals surface area contributed by atoms with Gasteiger partial charge < -0.3 is 10.4 Å². The molecule has 19 heavy (non-hydrogen) atoms. The van der Waals surface area contributed by atoms with Gasteiger partial charge in [-0.1, -0.05) is 11.8 Å².